The molecule has 0 radical (unpaired) electrons. The molecule has 0 aliphatic carbocycles. The molecule has 1 aromatic heterocycles. The van der Waals surface area contributed by atoms with Crippen LogP contribution in [0.5, 0.6) is 0 Å². The first kappa shape index (κ1) is 13.1. The van der Waals surface area contributed by atoms with Gasteiger partial charge in [-0.2, -0.15) is 0 Å². The van der Waals surface area contributed by atoms with Gasteiger partial charge < -0.3 is 4.42 Å². The lowest BCUT2D eigenvalue weighted by atomic mass is 10.2. The Morgan fingerprint density at radius 2 is 1.75 bits per heavy atom. The topological polar surface area (TPSA) is 30.2 Å². The SMILES string of the molecule is Cc1ccc2oc(C)c(S(=O)c3ccc(F)cc3)c2c1. The molecule has 3 rings (SSSR count). The van der Waals surface area contributed by atoms with Gasteiger partial charge in [0.05, 0.1) is 15.7 Å². The van der Waals surface area contributed by atoms with Gasteiger partial charge in [0.1, 0.15) is 17.2 Å². The summed E-state index contributed by atoms with van der Waals surface area (Å²) in [5.41, 5.74) is 1.80. The molecule has 0 aliphatic rings. The summed E-state index contributed by atoms with van der Waals surface area (Å²) in [6.45, 7) is 3.78. The molecule has 0 saturated carbocycles. The standard InChI is InChI=1S/C16H13FO2S/c1-10-3-8-15-14(9-10)16(11(2)19-15)20(18)13-6-4-12(17)5-7-13/h3-9H,1-2H3. The summed E-state index contributed by atoms with van der Waals surface area (Å²) in [5, 5.41) is 0.852. The van der Waals surface area contributed by atoms with Crippen LogP contribution in [0.25, 0.3) is 11.0 Å². The highest BCUT2D eigenvalue weighted by atomic mass is 32.2. The molecular weight excluding hydrogens is 275 g/mol. The van der Waals surface area contributed by atoms with Gasteiger partial charge in [-0.05, 0) is 50.2 Å². The molecule has 0 N–H and O–H groups in total. The van der Waals surface area contributed by atoms with Crippen molar-refractivity contribution in [2.45, 2.75) is 23.6 Å². The third-order valence-corrected chi connectivity index (χ3v) is 4.75. The third-order valence-electron chi connectivity index (χ3n) is 3.18. The van der Waals surface area contributed by atoms with E-state index < -0.39 is 10.8 Å². The Labute approximate surface area is 118 Å². The smallest absolute Gasteiger partial charge is 0.135 e. The van der Waals surface area contributed by atoms with Crippen molar-refractivity contribution < 1.29 is 13.0 Å². The van der Waals surface area contributed by atoms with Gasteiger partial charge >= 0.3 is 0 Å². The molecule has 4 heteroatoms. The molecule has 102 valence electrons. The maximum Gasteiger partial charge on any atom is 0.135 e. The average molecular weight is 288 g/mol. The second-order valence-electron chi connectivity index (χ2n) is 4.71. The summed E-state index contributed by atoms with van der Waals surface area (Å²) in [4.78, 5) is 1.23. The minimum absolute atomic E-state index is 0.338. The molecule has 0 aliphatic heterocycles. The van der Waals surface area contributed by atoms with Crippen LogP contribution in [-0.2, 0) is 10.8 Å². The Bertz CT molecular complexity index is 803. The normalized spacial score (nSPS) is 12.8. The second kappa shape index (κ2) is 4.87. The Kier molecular flexibility index (Phi) is 3.18. The van der Waals surface area contributed by atoms with E-state index in [9.17, 15) is 8.60 Å². The second-order valence-corrected chi connectivity index (χ2v) is 6.13. The summed E-state index contributed by atoms with van der Waals surface area (Å²) in [7, 11) is -1.38. The van der Waals surface area contributed by atoms with Crippen LogP contribution in [-0.4, -0.2) is 4.21 Å². The molecule has 0 amide bonds. The number of hydrogen-bond donors (Lipinski definition) is 0. The minimum Gasteiger partial charge on any atom is -0.460 e. The van der Waals surface area contributed by atoms with Crippen LogP contribution in [0.4, 0.5) is 4.39 Å². The number of furan rings is 1. The maximum atomic E-state index is 13.0. The molecule has 0 saturated heterocycles. The van der Waals surface area contributed by atoms with E-state index in [1.54, 1.807) is 19.1 Å². The zero-order valence-electron chi connectivity index (χ0n) is 11.1. The first-order valence-electron chi connectivity index (χ1n) is 6.23. The fourth-order valence-corrected chi connectivity index (χ4v) is 3.50. The number of aryl methyl sites for hydroxylation is 2. The number of benzene rings is 2. The molecule has 1 atom stereocenters. The molecule has 3 aromatic rings. The molecule has 0 bridgehead atoms. The van der Waals surface area contributed by atoms with E-state index in [1.807, 2.05) is 25.1 Å². The molecule has 2 aromatic carbocycles. The quantitative estimate of drug-likeness (QED) is 0.701. The van der Waals surface area contributed by atoms with Gasteiger partial charge in [0.2, 0.25) is 0 Å². The molecule has 0 fully saturated rings. The van der Waals surface area contributed by atoms with E-state index in [2.05, 4.69) is 0 Å². The van der Waals surface area contributed by atoms with E-state index >= 15 is 0 Å². The molecule has 0 spiro atoms. The van der Waals surface area contributed by atoms with Gasteiger partial charge in [0.15, 0.2) is 0 Å². The monoisotopic (exact) mass is 288 g/mol. The van der Waals surface area contributed by atoms with Gasteiger partial charge in [0, 0.05) is 10.3 Å². The number of halogens is 1. The first-order valence-corrected chi connectivity index (χ1v) is 7.38. The largest absolute Gasteiger partial charge is 0.460 e. The van der Waals surface area contributed by atoms with E-state index in [-0.39, 0.29) is 5.82 Å². The summed E-state index contributed by atoms with van der Waals surface area (Å²) < 4.78 is 31.3. The third kappa shape index (κ3) is 2.16. The highest BCUT2D eigenvalue weighted by Gasteiger charge is 2.18. The van der Waals surface area contributed by atoms with Crippen molar-refractivity contribution in [3.63, 3.8) is 0 Å². The van der Waals surface area contributed by atoms with Crippen molar-refractivity contribution >= 4 is 21.8 Å². The van der Waals surface area contributed by atoms with E-state index in [4.69, 9.17) is 4.42 Å². The van der Waals surface area contributed by atoms with Crippen molar-refractivity contribution in [3.05, 3.63) is 59.6 Å². The van der Waals surface area contributed by atoms with Crippen LogP contribution < -0.4 is 0 Å². The lowest BCUT2D eigenvalue weighted by molar-refractivity contribution is 0.566. The summed E-state index contributed by atoms with van der Waals surface area (Å²) in [5.74, 6) is 0.295. The Hall–Kier alpha value is -1.94. The number of fused-ring (bicyclic) bond motifs is 1. The van der Waals surface area contributed by atoms with Crippen LogP contribution in [0.1, 0.15) is 11.3 Å². The Balaban J connectivity index is 2.18. The molecule has 2 nitrogen and oxygen atoms in total. The first-order chi connectivity index (χ1) is 9.56. The zero-order valence-corrected chi connectivity index (χ0v) is 12.0. The van der Waals surface area contributed by atoms with Crippen LogP contribution >= 0.6 is 0 Å². The van der Waals surface area contributed by atoms with Crippen LogP contribution in [0.3, 0.4) is 0 Å². The van der Waals surface area contributed by atoms with Gasteiger partial charge in [-0.15, -0.1) is 0 Å². The van der Waals surface area contributed by atoms with Crippen LogP contribution in [0.2, 0.25) is 0 Å². The Morgan fingerprint density at radius 1 is 1.05 bits per heavy atom. The van der Waals surface area contributed by atoms with Gasteiger partial charge in [-0.3, -0.25) is 0 Å². The summed E-state index contributed by atoms with van der Waals surface area (Å²) in [6, 6.07) is 11.5. The number of rotatable bonds is 2. The van der Waals surface area contributed by atoms with Crippen molar-refractivity contribution in [2.24, 2.45) is 0 Å². The van der Waals surface area contributed by atoms with Gasteiger partial charge in [-0.25, -0.2) is 8.60 Å². The van der Waals surface area contributed by atoms with Crippen molar-refractivity contribution in [1.82, 2.24) is 0 Å². The van der Waals surface area contributed by atoms with Gasteiger partial charge in [0.25, 0.3) is 0 Å². The molecule has 20 heavy (non-hydrogen) atoms. The van der Waals surface area contributed by atoms with Crippen molar-refractivity contribution in [1.29, 1.82) is 0 Å². The van der Waals surface area contributed by atoms with Gasteiger partial charge in [-0.1, -0.05) is 11.6 Å². The predicted octanol–water partition coefficient (Wildman–Crippen LogP) is 4.36. The lowest BCUT2D eigenvalue weighted by Crippen LogP contribution is -1.94. The summed E-state index contributed by atoms with van der Waals surface area (Å²) in [6.07, 6.45) is 0. The van der Waals surface area contributed by atoms with Crippen LogP contribution in [0, 0.1) is 19.7 Å². The van der Waals surface area contributed by atoms with Crippen molar-refractivity contribution in [2.75, 3.05) is 0 Å². The molecular formula is C16H13FO2S. The fourth-order valence-electron chi connectivity index (χ4n) is 2.22. The fraction of sp³-hybridized carbons (Fsp3) is 0.125. The number of hydrogen-bond acceptors (Lipinski definition) is 2. The molecule has 1 heterocycles. The zero-order chi connectivity index (χ0) is 14.3. The average Bonchev–Trinajstić information content (AvgIpc) is 2.74. The van der Waals surface area contributed by atoms with E-state index in [0.717, 1.165) is 16.5 Å². The maximum absolute atomic E-state index is 13.0. The highest BCUT2D eigenvalue weighted by molar-refractivity contribution is 7.85. The Morgan fingerprint density at radius 3 is 2.45 bits per heavy atom. The summed E-state index contributed by atoms with van der Waals surface area (Å²) >= 11 is 0. The minimum atomic E-state index is -1.38. The highest BCUT2D eigenvalue weighted by Crippen LogP contribution is 2.31. The van der Waals surface area contributed by atoms with Crippen molar-refractivity contribution in [3.8, 4) is 0 Å². The van der Waals surface area contributed by atoms with E-state index in [0.29, 0.717) is 15.6 Å². The lowest BCUT2D eigenvalue weighted by Gasteiger charge is -2.02. The van der Waals surface area contributed by atoms with E-state index in [1.165, 1.54) is 12.1 Å². The van der Waals surface area contributed by atoms with Crippen LogP contribution in [0.15, 0.2) is 56.7 Å². The molecule has 1 unspecified atom stereocenters. The predicted molar refractivity (Wildman–Crippen MR) is 76.8 cm³/mol.